The zero-order chi connectivity index (χ0) is 15.0. The van der Waals surface area contributed by atoms with E-state index in [0.717, 1.165) is 18.7 Å². The molecule has 0 aliphatic heterocycles. The molecule has 0 saturated heterocycles. The summed E-state index contributed by atoms with van der Waals surface area (Å²) in [5, 5.41) is 3.35. The number of likely N-dealkylation sites (N-methyl/N-ethyl adjacent to an activating group) is 2. The van der Waals surface area contributed by atoms with Crippen molar-refractivity contribution >= 4 is 5.97 Å². The number of ether oxygens (including phenoxy) is 1. The van der Waals surface area contributed by atoms with Gasteiger partial charge in [-0.25, -0.2) is 4.79 Å². The quantitative estimate of drug-likeness (QED) is 0.739. The van der Waals surface area contributed by atoms with Crippen LogP contribution in [0.5, 0.6) is 0 Å². The molecule has 0 heterocycles. The van der Waals surface area contributed by atoms with Gasteiger partial charge in [-0.3, -0.25) is 5.32 Å². The van der Waals surface area contributed by atoms with E-state index in [1.54, 1.807) is 0 Å². The van der Waals surface area contributed by atoms with Gasteiger partial charge in [0.05, 0.1) is 7.11 Å². The molecule has 0 amide bonds. The maximum atomic E-state index is 12.5. The Hall–Kier alpha value is -1.39. The van der Waals surface area contributed by atoms with Crippen LogP contribution >= 0.6 is 0 Å². The molecule has 0 spiro atoms. The third-order valence-electron chi connectivity index (χ3n) is 3.63. The van der Waals surface area contributed by atoms with E-state index in [0.29, 0.717) is 13.1 Å². The lowest BCUT2D eigenvalue weighted by molar-refractivity contribution is -0.150. The summed E-state index contributed by atoms with van der Waals surface area (Å²) >= 11 is 0. The summed E-state index contributed by atoms with van der Waals surface area (Å²) < 4.78 is 5.08. The van der Waals surface area contributed by atoms with Crippen molar-refractivity contribution in [2.75, 3.05) is 33.3 Å². The Kier molecular flexibility index (Phi) is 6.68. The highest BCUT2D eigenvalue weighted by Crippen LogP contribution is 2.24. The molecule has 1 unspecified atom stereocenters. The lowest BCUT2D eigenvalue weighted by Gasteiger charge is -2.36. The number of methoxy groups -OCH3 is 1. The van der Waals surface area contributed by atoms with E-state index >= 15 is 0 Å². The maximum Gasteiger partial charge on any atom is 0.332 e. The van der Waals surface area contributed by atoms with Gasteiger partial charge < -0.3 is 9.64 Å². The lowest BCUT2D eigenvalue weighted by Crippen LogP contribution is -2.56. The van der Waals surface area contributed by atoms with Crippen LogP contribution in [-0.2, 0) is 15.1 Å². The minimum atomic E-state index is -0.809. The first-order valence-corrected chi connectivity index (χ1v) is 7.25. The predicted molar refractivity (Wildman–Crippen MR) is 81.6 cm³/mol. The largest absolute Gasteiger partial charge is 0.467 e. The van der Waals surface area contributed by atoms with E-state index in [1.165, 1.54) is 7.11 Å². The Morgan fingerprint density at radius 1 is 1.20 bits per heavy atom. The molecule has 112 valence electrons. The van der Waals surface area contributed by atoms with Crippen LogP contribution in [0.2, 0.25) is 0 Å². The molecule has 0 aliphatic rings. The van der Waals surface area contributed by atoms with E-state index in [4.69, 9.17) is 4.74 Å². The predicted octanol–water partition coefficient (Wildman–Crippen LogP) is 2.01. The van der Waals surface area contributed by atoms with Crippen molar-refractivity contribution < 1.29 is 9.53 Å². The summed E-state index contributed by atoms with van der Waals surface area (Å²) in [4.78, 5) is 14.7. The van der Waals surface area contributed by atoms with Gasteiger partial charge in [0.15, 0.2) is 5.54 Å². The number of hydrogen-bond donors (Lipinski definition) is 1. The van der Waals surface area contributed by atoms with Crippen LogP contribution in [-0.4, -0.2) is 44.2 Å². The van der Waals surface area contributed by atoms with Crippen LogP contribution in [0, 0.1) is 0 Å². The summed E-state index contributed by atoms with van der Waals surface area (Å²) in [6, 6.07) is 9.81. The van der Waals surface area contributed by atoms with Crippen LogP contribution in [0.3, 0.4) is 0 Å². The zero-order valence-corrected chi connectivity index (χ0v) is 13.0. The number of rotatable bonds is 8. The highest BCUT2D eigenvalue weighted by atomic mass is 16.5. The third-order valence-corrected chi connectivity index (χ3v) is 3.63. The van der Waals surface area contributed by atoms with Gasteiger partial charge in [0.2, 0.25) is 0 Å². The van der Waals surface area contributed by atoms with Crippen LogP contribution in [0.15, 0.2) is 30.3 Å². The van der Waals surface area contributed by atoms with E-state index in [1.807, 2.05) is 37.3 Å². The van der Waals surface area contributed by atoms with Gasteiger partial charge in [-0.15, -0.1) is 0 Å². The first-order valence-electron chi connectivity index (χ1n) is 7.25. The van der Waals surface area contributed by atoms with Crippen LogP contribution in [0.1, 0.15) is 26.3 Å². The summed E-state index contributed by atoms with van der Waals surface area (Å²) in [6.45, 7) is 9.30. The molecule has 0 radical (unpaired) electrons. The van der Waals surface area contributed by atoms with Crippen LogP contribution in [0.4, 0.5) is 0 Å². The van der Waals surface area contributed by atoms with Gasteiger partial charge in [-0.05, 0) is 25.2 Å². The number of nitrogens with one attached hydrogen (secondary N) is 1. The van der Waals surface area contributed by atoms with Crippen molar-refractivity contribution in [3.8, 4) is 0 Å². The van der Waals surface area contributed by atoms with Gasteiger partial charge in [0.25, 0.3) is 0 Å². The molecule has 20 heavy (non-hydrogen) atoms. The summed E-state index contributed by atoms with van der Waals surface area (Å²) in [6.07, 6.45) is 0. The second-order valence-electron chi connectivity index (χ2n) is 4.75. The van der Waals surface area contributed by atoms with E-state index in [2.05, 4.69) is 24.1 Å². The number of carbonyl (C=O) groups excluding carboxylic acids is 1. The molecular formula is C16H26N2O2. The molecule has 1 rings (SSSR count). The summed E-state index contributed by atoms with van der Waals surface area (Å²) in [7, 11) is 1.44. The van der Waals surface area contributed by atoms with Crippen LogP contribution in [0.25, 0.3) is 0 Å². The number of hydrogen-bond acceptors (Lipinski definition) is 4. The average Bonchev–Trinajstić information content (AvgIpc) is 2.51. The first kappa shape index (κ1) is 16.7. The number of carbonyl (C=O) groups is 1. The van der Waals surface area contributed by atoms with E-state index in [-0.39, 0.29) is 5.97 Å². The molecule has 1 N–H and O–H groups in total. The van der Waals surface area contributed by atoms with Crippen molar-refractivity contribution in [2.45, 2.75) is 26.3 Å². The fourth-order valence-electron chi connectivity index (χ4n) is 2.49. The minimum absolute atomic E-state index is 0.238. The Morgan fingerprint density at radius 2 is 1.80 bits per heavy atom. The molecule has 0 aliphatic carbocycles. The highest BCUT2D eigenvalue weighted by Gasteiger charge is 2.41. The van der Waals surface area contributed by atoms with Gasteiger partial charge in [-0.1, -0.05) is 51.1 Å². The number of esters is 1. The van der Waals surface area contributed by atoms with Crippen molar-refractivity contribution in [3.63, 3.8) is 0 Å². The number of nitrogens with zero attached hydrogens (tertiary/aromatic N) is 1. The van der Waals surface area contributed by atoms with E-state index in [9.17, 15) is 4.79 Å². The molecule has 0 fully saturated rings. The van der Waals surface area contributed by atoms with Crippen molar-refractivity contribution in [3.05, 3.63) is 35.9 Å². The third kappa shape index (κ3) is 3.58. The van der Waals surface area contributed by atoms with Gasteiger partial charge in [0, 0.05) is 6.54 Å². The molecule has 0 saturated carbocycles. The van der Waals surface area contributed by atoms with Gasteiger partial charge >= 0.3 is 5.97 Å². The smallest absolute Gasteiger partial charge is 0.332 e. The second kappa shape index (κ2) is 8.02. The summed E-state index contributed by atoms with van der Waals surface area (Å²) in [5.41, 5.74) is 0.136. The minimum Gasteiger partial charge on any atom is -0.467 e. The van der Waals surface area contributed by atoms with Crippen molar-refractivity contribution in [1.29, 1.82) is 0 Å². The standard InChI is InChI=1S/C16H26N2O2/c1-5-17-16(15(19)20-4,13-18(6-2)7-3)14-11-9-8-10-12-14/h8-12,17H,5-7,13H2,1-4H3. The molecule has 1 aromatic rings. The molecule has 4 heteroatoms. The molecule has 1 atom stereocenters. The molecule has 0 aromatic heterocycles. The molecular weight excluding hydrogens is 252 g/mol. The SMILES string of the molecule is CCNC(CN(CC)CC)(C(=O)OC)c1ccccc1. The van der Waals surface area contributed by atoms with Gasteiger partial charge in [-0.2, -0.15) is 0 Å². The monoisotopic (exact) mass is 278 g/mol. The Bertz CT molecular complexity index is 404. The highest BCUT2D eigenvalue weighted by molar-refractivity contribution is 5.83. The maximum absolute atomic E-state index is 12.5. The molecule has 1 aromatic carbocycles. The Balaban J connectivity index is 3.24. The van der Waals surface area contributed by atoms with Crippen molar-refractivity contribution in [2.24, 2.45) is 0 Å². The van der Waals surface area contributed by atoms with Crippen LogP contribution < -0.4 is 5.32 Å². The topological polar surface area (TPSA) is 41.6 Å². The fraction of sp³-hybridized carbons (Fsp3) is 0.562. The fourth-order valence-corrected chi connectivity index (χ4v) is 2.49. The van der Waals surface area contributed by atoms with Gasteiger partial charge in [0.1, 0.15) is 0 Å². The van der Waals surface area contributed by atoms with Crippen molar-refractivity contribution in [1.82, 2.24) is 10.2 Å². The lowest BCUT2D eigenvalue weighted by atomic mass is 9.88. The Labute approximate surface area is 122 Å². The number of benzene rings is 1. The zero-order valence-electron chi connectivity index (χ0n) is 13.0. The normalized spacial score (nSPS) is 14.1. The summed E-state index contributed by atoms with van der Waals surface area (Å²) in [5.74, 6) is -0.238. The van der Waals surface area contributed by atoms with E-state index < -0.39 is 5.54 Å². The first-order chi connectivity index (χ1) is 9.64. The second-order valence-corrected chi connectivity index (χ2v) is 4.75. The molecule has 4 nitrogen and oxygen atoms in total. The Morgan fingerprint density at radius 3 is 2.25 bits per heavy atom. The molecule has 0 bridgehead atoms. The average molecular weight is 278 g/mol.